The number of nitrogens with zero attached hydrogens (tertiary/aromatic N) is 2. The number of benzene rings is 2. The van der Waals surface area contributed by atoms with Crippen molar-refractivity contribution in [1.82, 2.24) is 4.98 Å². The number of rotatable bonds is 2. The van der Waals surface area contributed by atoms with Gasteiger partial charge in [-0.15, -0.1) is 11.3 Å². The van der Waals surface area contributed by atoms with Crippen LogP contribution in [0.3, 0.4) is 0 Å². The maximum atomic E-state index is 11.3. The van der Waals surface area contributed by atoms with E-state index in [0.717, 1.165) is 39.9 Å². The van der Waals surface area contributed by atoms with Crippen molar-refractivity contribution in [3.05, 3.63) is 51.5 Å². The molecule has 0 fully saturated rings. The molecule has 0 saturated carbocycles. The first kappa shape index (κ1) is 12.3. The van der Waals surface area contributed by atoms with Crippen molar-refractivity contribution in [3.8, 4) is 11.1 Å². The second-order valence-corrected chi connectivity index (χ2v) is 5.88. The fourth-order valence-corrected chi connectivity index (χ4v) is 3.42. The number of thiazole rings is 1. The zero-order chi connectivity index (χ0) is 14.4. The largest absolute Gasteiger partial charge is 0.379 e. The van der Waals surface area contributed by atoms with Gasteiger partial charge in [-0.2, -0.15) is 0 Å². The highest BCUT2D eigenvalue weighted by Crippen LogP contribution is 2.37. The highest BCUT2D eigenvalue weighted by Gasteiger charge is 2.23. The summed E-state index contributed by atoms with van der Waals surface area (Å²) in [6.45, 7) is 0.755. The SMILES string of the molecule is O=[N+]([O-])c1cc(-c2ccc3scnc3c2)cc2c1NCC2. The molecule has 5 nitrogen and oxygen atoms in total. The third-order valence-corrected chi connectivity index (χ3v) is 4.57. The summed E-state index contributed by atoms with van der Waals surface area (Å²) < 4.78 is 1.12. The molecule has 0 saturated heterocycles. The van der Waals surface area contributed by atoms with Crippen LogP contribution in [0.25, 0.3) is 21.3 Å². The first-order chi connectivity index (χ1) is 10.2. The Morgan fingerprint density at radius 3 is 3.00 bits per heavy atom. The number of nitro groups is 1. The molecular formula is C15H11N3O2S. The lowest BCUT2D eigenvalue weighted by molar-refractivity contribution is -0.383. The Kier molecular flexibility index (Phi) is 2.65. The number of fused-ring (bicyclic) bond motifs is 2. The second kappa shape index (κ2) is 4.53. The van der Waals surface area contributed by atoms with Crippen molar-refractivity contribution in [3.63, 3.8) is 0 Å². The highest BCUT2D eigenvalue weighted by atomic mass is 32.1. The number of nitrogens with one attached hydrogen (secondary N) is 1. The van der Waals surface area contributed by atoms with Crippen LogP contribution in [0.2, 0.25) is 0 Å². The van der Waals surface area contributed by atoms with Gasteiger partial charge in [0.2, 0.25) is 0 Å². The fourth-order valence-electron chi connectivity index (χ4n) is 2.76. The van der Waals surface area contributed by atoms with E-state index in [2.05, 4.69) is 10.3 Å². The van der Waals surface area contributed by atoms with Gasteiger partial charge in [0.05, 0.1) is 20.7 Å². The fraction of sp³-hybridized carbons (Fsp3) is 0.133. The molecule has 1 aliphatic heterocycles. The number of nitro benzene ring substituents is 1. The molecule has 104 valence electrons. The van der Waals surface area contributed by atoms with Crippen molar-refractivity contribution in [2.45, 2.75) is 6.42 Å². The van der Waals surface area contributed by atoms with Crippen molar-refractivity contribution in [2.24, 2.45) is 0 Å². The van der Waals surface area contributed by atoms with Gasteiger partial charge in [-0.3, -0.25) is 10.1 Å². The minimum atomic E-state index is -0.317. The van der Waals surface area contributed by atoms with Crippen molar-refractivity contribution in [2.75, 3.05) is 11.9 Å². The van der Waals surface area contributed by atoms with E-state index in [9.17, 15) is 10.1 Å². The summed E-state index contributed by atoms with van der Waals surface area (Å²) in [5.74, 6) is 0. The molecule has 0 bridgehead atoms. The van der Waals surface area contributed by atoms with E-state index in [0.29, 0.717) is 5.69 Å². The Labute approximate surface area is 124 Å². The van der Waals surface area contributed by atoms with Crippen LogP contribution >= 0.6 is 11.3 Å². The first-order valence-corrected chi connectivity index (χ1v) is 7.49. The first-order valence-electron chi connectivity index (χ1n) is 6.61. The number of aromatic nitrogens is 1. The van der Waals surface area contributed by atoms with E-state index >= 15 is 0 Å². The molecule has 0 radical (unpaired) electrons. The zero-order valence-corrected chi connectivity index (χ0v) is 11.8. The van der Waals surface area contributed by atoms with Gasteiger partial charge < -0.3 is 5.32 Å². The minimum absolute atomic E-state index is 0.151. The lowest BCUT2D eigenvalue weighted by Gasteiger charge is -2.07. The predicted molar refractivity (Wildman–Crippen MR) is 83.9 cm³/mol. The molecule has 21 heavy (non-hydrogen) atoms. The number of hydrogen-bond donors (Lipinski definition) is 1. The highest BCUT2D eigenvalue weighted by molar-refractivity contribution is 7.16. The third-order valence-electron chi connectivity index (χ3n) is 3.76. The summed E-state index contributed by atoms with van der Waals surface area (Å²) in [5, 5.41) is 14.4. The van der Waals surface area contributed by atoms with Gasteiger partial charge in [0.1, 0.15) is 5.69 Å². The Hall–Kier alpha value is -2.47. The molecule has 0 aliphatic carbocycles. The Bertz CT molecular complexity index is 872. The van der Waals surface area contributed by atoms with Crippen LogP contribution < -0.4 is 5.32 Å². The molecule has 0 amide bonds. The molecule has 1 N–H and O–H groups in total. The average Bonchev–Trinajstić information content (AvgIpc) is 3.13. The Balaban J connectivity index is 1.91. The number of anilines is 1. The topological polar surface area (TPSA) is 68.1 Å². The van der Waals surface area contributed by atoms with E-state index in [1.165, 1.54) is 0 Å². The van der Waals surface area contributed by atoms with Gasteiger partial charge >= 0.3 is 0 Å². The maximum absolute atomic E-state index is 11.3. The standard InChI is InChI=1S/C15H11N3O2S/c19-18(20)13-7-11(5-10-3-4-16-15(10)13)9-1-2-14-12(6-9)17-8-21-14/h1-2,5-8,16H,3-4H2. The summed E-state index contributed by atoms with van der Waals surface area (Å²) in [4.78, 5) is 15.3. The molecule has 1 aromatic heterocycles. The molecule has 0 atom stereocenters. The van der Waals surface area contributed by atoms with Crippen LogP contribution in [-0.2, 0) is 6.42 Å². The summed E-state index contributed by atoms with van der Waals surface area (Å²) in [5.41, 5.74) is 6.40. The Morgan fingerprint density at radius 2 is 2.14 bits per heavy atom. The van der Waals surface area contributed by atoms with Gasteiger partial charge in [-0.05, 0) is 41.3 Å². The average molecular weight is 297 g/mol. The molecule has 4 rings (SSSR count). The van der Waals surface area contributed by atoms with Crippen LogP contribution in [0.5, 0.6) is 0 Å². The molecule has 2 heterocycles. The van der Waals surface area contributed by atoms with Gasteiger partial charge in [-0.1, -0.05) is 6.07 Å². The Morgan fingerprint density at radius 1 is 1.24 bits per heavy atom. The molecule has 2 aromatic carbocycles. The van der Waals surface area contributed by atoms with E-state index in [1.54, 1.807) is 17.4 Å². The summed E-state index contributed by atoms with van der Waals surface area (Å²) in [6, 6.07) is 9.67. The molecule has 6 heteroatoms. The third kappa shape index (κ3) is 1.95. The van der Waals surface area contributed by atoms with E-state index in [4.69, 9.17) is 0 Å². The van der Waals surface area contributed by atoms with Crippen molar-refractivity contribution >= 4 is 32.9 Å². The van der Waals surface area contributed by atoms with Gasteiger partial charge in [0.15, 0.2) is 0 Å². The van der Waals surface area contributed by atoms with Gasteiger partial charge in [0, 0.05) is 12.6 Å². The van der Waals surface area contributed by atoms with Gasteiger partial charge in [-0.25, -0.2) is 4.98 Å². The minimum Gasteiger partial charge on any atom is -0.379 e. The van der Waals surface area contributed by atoms with Crippen LogP contribution in [0.1, 0.15) is 5.56 Å². The van der Waals surface area contributed by atoms with Crippen LogP contribution in [-0.4, -0.2) is 16.5 Å². The van der Waals surface area contributed by atoms with E-state index in [-0.39, 0.29) is 10.6 Å². The van der Waals surface area contributed by atoms with Crippen LogP contribution in [0.4, 0.5) is 11.4 Å². The summed E-state index contributed by atoms with van der Waals surface area (Å²) in [7, 11) is 0. The molecule has 0 unspecified atom stereocenters. The number of hydrogen-bond acceptors (Lipinski definition) is 5. The smallest absolute Gasteiger partial charge is 0.293 e. The molecular weight excluding hydrogens is 286 g/mol. The lowest BCUT2D eigenvalue weighted by atomic mass is 10.0. The summed E-state index contributed by atoms with van der Waals surface area (Å²) >= 11 is 1.59. The van der Waals surface area contributed by atoms with E-state index in [1.807, 2.05) is 29.8 Å². The van der Waals surface area contributed by atoms with E-state index < -0.39 is 0 Å². The van der Waals surface area contributed by atoms with Crippen LogP contribution in [0, 0.1) is 10.1 Å². The predicted octanol–water partition coefficient (Wildman–Crippen LogP) is 3.84. The lowest BCUT2D eigenvalue weighted by Crippen LogP contribution is -1.97. The van der Waals surface area contributed by atoms with Crippen LogP contribution in [0.15, 0.2) is 35.8 Å². The summed E-state index contributed by atoms with van der Waals surface area (Å²) in [6.07, 6.45) is 0.822. The maximum Gasteiger partial charge on any atom is 0.293 e. The second-order valence-electron chi connectivity index (χ2n) is 5.00. The van der Waals surface area contributed by atoms with Crippen molar-refractivity contribution in [1.29, 1.82) is 0 Å². The van der Waals surface area contributed by atoms with Gasteiger partial charge in [0.25, 0.3) is 5.69 Å². The molecule has 1 aliphatic rings. The quantitative estimate of drug-likeness (QED) is 0.576. The zero-order valence-electron chi connectivity index (χ0n) is 11.0. The monoisotopic (exact) mass is 297 g/mol. The normalized spacial score (nSPS) is 13.1. The van der Waals surface area contributed by atoms with Crippen molar-refractivity contribution < 1.29 is 4.92 Å². The molecule has 0 spiro atoms. The molecule has 3 aromatic rings.